The van der Waals surface area contributed by atoms with Gasteiger partial charge in [-0.3, -0.25) is 9.89 Å². The molecule has 4 heterocycles. The van der Waals surface area contributed by atoms with E-state index in [1.807, 2.05) is 36.4 Å². The minimum atomic E-state index is -0.300. The van der Waals surface area contributed by atoms with Crippen LogP contribution in [0.2, 0.25) is 0 Å². The van der Waals surface area contributed by atoms with Crippen LogP contribution < -0.4 is 5.32 Å². The molecule has 1 aromatic carbocycles. The van der Waals surface area contributed by atoms with Crippen molar-refractivity contribution in [3.8, 4) is 22.0 Å². The van der Waals surface area contributed by atoms with Crippen LogP contribution >= 0.6 is 11.3 Å². The Bertz CT molecular complexity index is 1220. The van der Waals surface area contributed by atoms with E-state index in [-0.39, 0.29) is 11.6 Å². The number of nitrogens with zero attached hydrogens (tertiary/aromatic N) is 3. The van der Waals surface area contributed by atoms with Crippen molar-refractivity contribution in [3.63, 3.8) is 0 Å². The number of nitrogens with one attached hydrogen (secondary N) is 2. The molecule has 0 aliphatic heterocycles. The fourth-order valence-electron chi connectivity index (χ4n) is 2.78. The van der Waals surface area contributed by atoms with Crippen LogP contribution in [-0.2, 0) is 0 Å². The Kier molecular flexibility index (Phi) is 3.95. The summed E-state index contributed by atoms with van der Waals surface area (Å²) in [5.74, 6) is 0.326. The highest BCUT2D eigenvalue weighted by atomic mass is 32.1. The number of anilines is 1. The third kappa shape index (κ3) is 3.06. The zero-order valence-corrected chi connectivity index (χ0v) is 15.2. The molecule has 28 heavy (non-hydrogen) atoms. The zero-order valence-electron chi connectivity index (χ0n) is 14.4. The Morgan fingerprint density at radius 3 is 2.79 bits per heavy atom. The van der Waals surface area contributed by atoms with Gasteiger partial charge in [0, 0.05) is 23.5 Å². The predicted octanol–water partition coefficient (Wildman–Crippen LogP) is 4.59. The van der Waals surface area contributed by atoms with Gasteiger partial charge in [-0.15, -0.1) is 0 Å². The smallest absolute Gasteiger partial charge is 0.276 e. The molecule has 5 rings (SSSR count). The minimum absolute atomic E-state index is 0.285. The molecule has 0 aliphatic carbocycles. The number of rotatable bonds is 4. The van der Waals surface area contributed by atoms with E-state index in [9.17, 15) is 4.79 Å². The fourth-order valence-corrected chi connectivity index (χ4v) is 3.69. The Balaban J connectivity index is 1.32. The van der Waals surface area contributed by atoms with E-state index in [1.54, 1.807) is 30.7 Å². The largest absolute Gasteiger partial charge is 0.463 e. The normalized spacial score (nSPS) is 11.0. The molecule has 136 valence electrons. The van der Waals surface area contributed by atoms with Crippen molar-refractivity contribution in [1.29, 1.82) is 0 Å². The number of H-pyrrole nitrogens is 1. The summed E-state index contributed by atoms with van der Waals surface area (Å²) in [4.78, 5) is 22.2. The second-order valence-electron chi connectivity index (χ2n) is 6.02. The Morgan fingerprint density at radius 1 is 1.11 bits per heavy atom. The first-order valence-electron chi connectivity index (χ1n) is 8.49. The Morgan fingerprint density at radius 2 is 2.00 bits per heavy atom. The summed E-state index contributed by atoms with van der Waals surface area (Å²) < 4.78 is 5.30. The van der Waals surface area contributed by atoms with Crippen LogP contribution in [0.25, 0.3) is 32.4 Å². The van der Waals surface area contributed by atoms with Crippen LogP contribution in [0.5, 0.6) is 0 Å². The summed E-state index contributed by atoms with van der Waals surface area (Å²) in [5.41, 5.74) is 3.46. The van der Waals surface area contributed by atoms with Gasteiger partial charge < -0.3 is 9.73 Å². The molecule has 0 unspecified atom stereocenters. The van der Waals surface area contributed by atoms with Gasteiger partial charge in [-0.2, -0.15) is 5.10 Å². The van der Waals surface area contributed by atoms with E-state index in [4.69, 9.17) is 4.42 Å². The second kappa shape index (κ2) is 6.75. The molecule has 8 heteroatoms. The van der Waals surface area contributed by atoms with Crippen molar-refractivity contribution >= 4 is 33.3 Å². The highest BCUT2D eigenvalue weighted by molar-refractivity contribution is 7.21. The predicted molar refractivity (Wildman–Crippen MR) is 107 cm³/mol. The monoisotopic (exact) mass is 387 g/mol. The number of furan rings is 1. The number of thiazole rings is 1. The molecule has 0 atom stereocenters. The van der Waals surface area contributed by atoms with Crippen molar-refractivity contribution in [2.45, 2.75) is 0 Å². The summed E-state index contributed by atoms with van der Waals surface area (Å²) >= 11 is 1.54. The Labute approximate surface area is 163 Å². The Hall–Kier alpha value is -3.78. The van der Waals surface area contributed by atoms with Gasteiger partial charge >= 0.3 is 0 Å². The van der Waals surface area contributed by atoms with Crippen molar-refractivity contribution in [1.82, 2.24) is 20.2 Å². The molecule has 0 spiro atoms. The third-order valence-electron chi connectivity index (χ3n) is 4.15. The maximum Gasteiger partial charge on any atom is 0.276 e. The quantitative estimate of drug-likeness (QED) is 0.470. The fraction of sp³-hybridized carbons (Fsp3) is 0. The lowest BCUT2D eigenvalue weighted by Crippen LogP contribution is -2.12. The maximum absolute atomic E-state index is 12.4. The minimum Gasteiger partial charge on any atom is -0.463 e. The van der Waals surface area contributed by atoms with Crippen LogP contribution in [0.15, 0.2) is 71.5 Å². The lowest BCUT2D eigenvalue weighted by Gasteiger charge is -2.03. The van der Waals surface area contributed by atoms with Gasteiger partial charge in [0.1, 0.15) is 21.0 Å². The molecule has 2 N–H and O–H groups in total. The first-order valence-corrected chi connectivity index (χ1v) is 9.30. The number of amides is 1. The first kappa shape index (κ1) is 16.4. The number of carbonyl (C=O) groups excluding carboxylic acids is 1. The SMILES string of the molecule is O=C(Nc1ccc(-c2nc3cccnc3s2)cc1)c1cc(-c2ccco2)[nH]n1. The van der Waals surface area contributed by atoms with Crippen molar-refractivity contribution < 1.29 is 9.21 Å². The van der Waals surface area contributed by atoms with Gasteiger partial charge in [0.2, 0.25) is 0 Å². The van der Waals surface area contributed by atoms with E-state index < -0.39 is 0 Å². The lowest BCUT2D eigenvalue weighted by atomic mass is 10.2. The highest BCUT2D eigenvalue weighted by Crippen LogP contribution is 2.29. The van der Waals surface area contributed by atoms with E-state index in [1.165, 1.54) is 11.3 Å². The molecular weight excluding hydrogens is 374 g/mol. The maximum atomic E-state index is 12.4. The topological polar surface area (TPSA) is 96.7 Å². The standard InChI is InChI=1S/C20H13N5O2S/c26-18(16-11-15(24-25-16)17-4-2-10-27-17)22-13-7-5-12(6-8-13)19-23-14-3-1-9-21-20(14)28-19/h1-11H,(H,22,26)(H,24,25). The van der Waals surface area contributed by atoms with Gasteiger partial charge in [-0.25, -0.2) is 9.97 Å². The van der Waals surface area contributed by atoms with Crippen molar-refractivity contribution in [2.75, 3.05) is 5.32 Å². The molecule has 0 aliphatic rings. The van der Waals surface area contributed by atoms with Gasteiger partial charge in [0.25, 0.3) is 5.91 Å². The van der Waals surface area contributed by atoms with E-state index in [2.05, 4.69) is 25.5 Å². The highest BCUT2D eigenvalue weighted by Gasteiger charge is 2.13. The molecular formula is C20H13N5O2S. The molecule has 0 fully saturated rings. The molecule has 0 saturated carbocycles. The molecule has 0 radical (unpaired) electrons. The van der Waals surface area contributed by atoms with Crippen LogP contribution in [0.1, 0.15) is 10.5 Å². The van der Waals surface area contributed by atoms with Crippen molar-refractivity contribution in [3.05, 3.63) is 72.8 Å². The van der Waals surface area contributed by atoms with Gasteiger partial charge in [0.05, 0.1) is 6.26 Å². The zero-order chi connectivity index (χ0) is 18.9. The molecule has 1 amide bonds. The number of fused-ring (bicyclic) bond motifs is 1. The number of hydrogen-bond acceptors (Lipinski definition) is 6. The van der Waals surface area contributed by atoms with Gasteiger partial charge in [-0.1, -0.05) is 11.3 Å². The van der Waals surface area contributed by atoms with E-state index in [0.29, 0.717) is 17.1 Å². The molecule has 4 aromatic heterocycles. The number of carbonyl (C=O) groups is 1. The number of hydrogen-bond donors (Lipinski definition) is 2. The molecule has 0 saturated heterocycles. The average Bonchev–Trinajstić information content (AvgIpc) is 3.48. The molecule has 0 bridgehead atoms. The van der Waals surface area contributed by atoms with E-state index in [0.717, 1.165) is 20.9 Å². The summed E-state index contributed by atoms with van der Waals surface area (Å²) in [6.07, 6.45) is 3.33. The van der Waals surface area contributed by atoms with Crippen LogP contribution in [0, 0.1) is 0 Å². The van der Waals surface area contributed by atoms with Crippen LogP contribution in [0.4, 0.5) is 5.69 Å². The van der Waals surface area contributed by atoms with Crippen LogP contribution in [-0.4, -0.2) is 26.1 Å². The van der Waals surface area contributed by atoms with Crippen LogP contribution in [0.3, 0.4) is 0 Å². The third-order valence-corrected chi connectivity index (χ3v) is 5.18. The summed E-state index contributed by atoms with van der Waals surface area (Å²) in [5, 5.41) is 10.6. The summed E-state index contributed by atoms with van der Waals surface area (Å²) in [6, 6.07) is 16.6. The average molecular weight is 387 g/mol. The molecule has 7 nitrogen and oxygen atoms in total. The number of aromatic amines is 1. The summed E-state index contributed by atoms with van der Waals surface area (Å²) in [7, 11) is 0. The number of aromatic nitrogens is 4. The second-order valence-corrected chi connectivity index (χ2v) is 7.00. The first-order chi connectivity index (χ1) is 13.8. The molecule has 5 aromatic rings. The van der Waals surface area contributed by atoms with Gasteiger partial charge in [-0.05, 0) is 48.5 Å². The number of pyridine rings is 1. The lowest BCUT2D eigenvalue weighted by molar-refractivity contribution is 0.102. The van der Waals surface area contributed by atoms with Gasteiger partial charge in [0.15, 0.2) is 11.5 Å². The summed E-state index contributed by atoms with van der Waals surface area (Å²) in [6.45, 7) is 0. The number of benzene rings is 1. The van der Waals surface area contributed by atoms with E-state index >= 15 is 0 Å². The van der Waals surface area contributed by atoms with Crippen molar-refractivity contribution in [2.24, 2.45) is 0 Å².